The molecular formula is C18H24N4. The Balaban J connectivity index is 2.10. The minimum Gasteiger partial charge on any atom is -0.358 e. The Bertz CT molecular complexity index is 789. The zero-order valence-corrected chi connectivity index (χ0v) is 13.7. The topological polar surface area (TPSA) is 70.5 Å². The first kappa shape index (κ1) is 14.9. The summed E-state index contributed by atoms with van der Waals surface area (Å²) in [7, 11) is 0. The molecule has 0 bridgehead atoms. The van der Waals surface area contributed by atoms with E-state index in [0.29, 0.717) is 6.54 Å². The number of benzene rings is 1. The van der Waals surface area contributed by atoms with Gasteiger partial charge in [0.05, 0.1) is 5.69 Å². The van der Waals surface area contributed by atoms with Gasteiger partial charge in [-0.15, -0.1) is 0 Å². The summed E-state index contributed by atoms with van der Waals surface area (Å²) in [5.74, 6) is 0.125. The third-order valence-corrected chi connectivity index (χ3v) is 4.27. The second kappa shape index (κ2) is 5.29. The Morgan fingerprint density at radius 1 is 1.23 bits per heavy atom. The van der Waals surface area contributed by atoms with Crippen LogP contribution in [-0.4, -0.2) is 21.7 Å². The van der Waals surface area contributed by atoms with E-state index < -0.39 is 0 Å². The number of aromatic nitrogens is 3. The second-order valence-electron chi connectivity index (χ2n) is 6.96. The largest absolute Gasteiger partial charge is 0.358 e. The molecule has 1 aromatic carbocycles. The van der Waals surface area contributed by atoms with Crippen LogP contribution < -0.4 is 5.73 Å². The van der Waals surface area contributed by atoms with Crippen molar-refractivity contribution in [1.29, 1.82) is 0 Å². The number of nitrogens with zero attached hydrogens (tertiary/aromatic N) is 1. The number of fused-ring (bicyclic) bond motifs is 1. The van der Waals surface area contributed by atoms with E-state index in [9.17, 15) is 0 Å². The van der Waals surface area contributed by atoms with Gasteiger partial charge in [-0.1, -0.05) is 39.0 Å². The molecule has 0 aliphatic heterocycles. The van der Waals surface area contributed by atoms with Gasteiger partial charge in [-0.3, -0.25) is 5.10 Å². The van der Waals surface area contributed by atoms with E-state index >= 15 is 0 Å². The summed E-state index contributed by atoms with van der Waals surface area (Å²) >= 11 is 0. The summed E-state index contributed by atoms with van der Waals surface area (Å²) in [6.45, 7) is 9.16. The molecule has 1 atom stereocenters. The Kier molecular flexibility index (Phi) is 3.57. The quantitative estimate of drug-likeness (QED) is 0.691. The summed E-state index contributed by atoms with van der Waals surface area (Å²) < 4.78 is 0. The van der Waals surface area contributed by atoms with Gasteiger partial charge >= 0.3 is 0 Å². The molecule has 4 N–H and O–H groups in total. The molecule has 0 saturated heterocycles. The van der Waals surface area contributed by atoms with Crippen LogP contribution >= 0.6 is 0 Å². The van der Waals surface area contributed by atoms with Crippen molar-refractivity contribution in [3.05, 3.63) is 53.0 Å². The lowest BCUT2D eigenvalue weighted by atomic mass is 9.89. The number of H-pyrrole nitrogens is 2. The summed E-state index contributed by atoms with van der Waals surface area (Å²) in [6.07, 6.45) is 0. The molecule has 4 heteroatoms. The van der Waals surface area contributed by atoms with Crippen LogP contribution in [0.1, 0.15) is 49.3 Å². The van der Waals surface area contributed by atoms with Crippen molar-refractivity contribution in [2.75, 3.05) is 6.54 Å². The highest BCUT2D eigenvalue weighted by atomic mass is 15.1. The third kappa shape index (κ3) is 2.44. The first-order chi connectivity index (χ1) is 10.4. The van der Waals surface area contributed by atoms with E-state index in [-0.39, 0.29) is 11.3 Å². The lowest BCUT2D eigenvalue weighted by Crippen LogP contribution is -2.15. The third-order valence-electron chi connectivity index (χ3n) is 4.27. The number of aromatic amines is 2. The lowest BCUT2D eigenvalue weighted by molar-refractivity contribution is 0.567. The minimum atomic E-state index is 0.0309. The fraction of sp³-hybridized carbons (Fsp3) is 0.389. The van der Waals surface area contributed by atoms with E-state index in [2.05, 4.69) is 67.1 Å². The van der Waals surface area contributed by atoms with Gasteiger partial charge < -0.3 is 10.7 Å². The summed E-state index contributed by atoms with van der Waals surface area (Å²) in [5.41, 5.74) is 11.9. The first-order valence-electron chi connectivity index (χ1n) is 7.75. The van der Waals surface area contributed by atoms with Crippen LogP contribution in [0.15, 0.2) is 30.3 Å². The van der Waals surface area contributed by atoms with Gasteiger partial charge in [-0.25, -0.2) is 0 Å². The molecule has 0 fully saturated rings. The molecule has 0 saturated carbocycles. The van der Waals surface area contributed by atoms with Gasteiger partial charge in [0.25, 0.3) is 0 Å². The van der Waals surface area contributed by atoms with Gasteiger partial charge in [0.2, 0.25) is 0 Å². The van der Waals surface area contributed by atoms with Crippen molar-refractivity contribution in [3.63, 3.8) is 0 Å². The molecule has 116 valence electrons. The van der Waals surface area contributed by atoms with Crippen LogP contribution in [-0.2, 0) is 5.41 Å². The van der Waals surface area contributed by atoms with Gasteiger partial charge in [0.15, 0.2) is 0 Å². The smallest absolute Gasteiger partial charge is 0.0678 e. The molecule has 22 heavy (non-hydrogen) atoms. The Morgan fingerprint density at radius 2 is 1.95 bits per heavy atom. The SMILES string of the molecule is Cc1[nH]c2ccccc2c1C(CN)c1cc(C(C)(C)C)n[nH]1. The van der Waals surface area contributed by atoms with Crippen LogP contribution in [0.4, 0.5) is 0 Å². The average molecular weight is 296 g/mol. The molecule has 3 aromatic rings. The molecule has 0 aliphatic rings. The van der Waals surface area contributed by atoms with E-state index in [1.54, 1.807) is 0 Å². The van der Waals surface area contributed by atoms with Crippen LogP contribution in [0, 0.1) is 6.92 Å². The Morgan fingerprint density at radius 3 is 2.59 bits per heavy atom. The number of aryl methyl sites for hydroxylation is 1. The molecule has 1 unspecified atom stereocenters. The highest BCUT2D eigenvalue weighted by molar-refractivity contribution is 5.85. The van der Waals surface area contributed by atoms with Crippen molar-refractivity contribution in [2.24, 2.45) is 5.73 Å². The van der Waals surface area contributed by atoms with E-state index in [4.69, 9.17) is 5.73 Å². The van der Waals surface area contributed by atoms with Gasteiger partial charge in [-0.05, 0) is 24.6 Å². The maximum atomic E-state index is 6.11. The van der Waals surface area contributed by atoms with Crippen molar-refractivity contribution in [1.82, 2.24) is 15.2 Å². The van der Waals surface area contributed by atoms with Crippen molar-refractivity contribution in [3.8, 4) is 0 Å². The number of nitrogens with one attached hydrogen (secondary N) is 2. The predicted molar refractivity (Wildman–Crippen MR) is 91.2 cm³/mol. The molecule has 0 amide bonds. The molecular weight excluding hydrogens is 272 g/mol. The van der Waals surface area contributed by atoms with Gasteiger partial charge in [0.1, 0.15) is 0 Å². The standard InChI is InChI=1S/C18H24N4/c1-11-17(12-7-5-6-8-14(12)20-11)13(10-19)15-9-16(22-21-15)18(2,3)4/h5-9,13,20H,10,19H2,1-4H3,(H,21,22). The van der Waals surface area contributed by atoms with Gasteiger partial charge in [0, 0.05) is 40.2 Å². The van der Waals surface area contributed by atoms with Crippen LogP contribution in [0.25, 0.3) is 10.9 Å². The number of hydrogen-bond acceptors (Lipinski definition) is 2. The maximum absolute atomic E-state index is 6.11. The highest BCUT2D eigenvalue weighted by Gasteiger charge is 2.24. The van der Waals surface area contributed by atoms with Crippen molar-refractivity contribution < 1.29 is 0 Å². The lowest BCUT2D eigenvalue weighted by Gasteiger charge is -2.15. The zero-order valence-electron chi connectivity index (χ0n) is 13.7. The molecule has 2 aromatic heterocycles. The van der Waals surface area contributed by atoms with Crippen molar-refractivity contribution in [2.45, 2.75) is 39.0 Å². The second-order valence-corrected chi connectivity index (χ2v) is 6.96. The summed E-state index contributed by atoms with van der Waals surface area (Å²) in [5, 5.41) is 8.92. The number of hydrogen-bond donors (Lipinski definition) is 3. The molecule has 2 heterocycles. The maximum Gasteiger partial charge on any atom is 0.0678 e. The van der Waals surface area contributed by atoms with Crippen molar-refractivity contribution >= 4 is 10.9 Å². The predicted octanol–water partition coefficient (Wildman–Crippen LogP) is 3.59. The number of para-hydroxylation sites is 1. The zero-order chi connectivity index (χ0) is 15.9. The highest BCUT2D eigenvalue weighted by Crippen LogP contribution is 2.33. The Labute approximate surface area is 131 Å². The molecule has 0 aliphatic carbocycles. The van der Waals surface area contributed by atoms with Crippen LogP contribution in [0.3, 0.4) is 0 Å². The van der Waals surface area contributed by atoms with Crippen LogP contribution in [0.2, 0.25) is 0 Å². The normalized spacial score (nSPS) is 13.7. The Hall–Kier alpha value is -2.07. The summed E-state index contributed by atoms with van der Waals surface area (Å²) in [6, 6.07) is 10.5. The van der Waals surface area contributed by atoms with Crippen LogP contribution in [0.5, 0.6) is 0 Å². The van der Waals surface area contributed by atoms with E-state index in [0.717, 1.165) is 16.9 Å². The summed E-state index contributed by atoms with van der Waals surface area (Å²) in [4.78, 5) is 3.46. The van der Waals surface area contributed by atoms with E-state index in [1.165, 1.54) is 16.6 Å². The fourth-order valence-electron chi connectivity index (χ4n) is 3.05. The number of nitrogens with two attached hydrogens (primary N) is 1. The minimum absolute atomic E-state index is 0.0309. The fourth-order valence-corrected chi connectivity index (χ4v) is 3.05. The monoisotopic (exact) mass is 296 g/mol. The molecule has 3 rings (SSSR count). The molecule has 4 nitrogen and oxygen atoms in total. The molecule has 0 radical (unpaired) electrons. The molecule has 0 spiro atoms. The average Bonchev–Trinajstić information content (AvgIpc) is 3.05. The van der Waals surface area contributed by atoms with Gasteiger partial charge in [-0.2, -0.15) is 5.10 Å². The number of rotatable bonds is 3. The van der Waals surface area contributed by atoms with E-state index in [1.807, 2.05) is 6.07 Å². The first-order valence-corrected chi connectivity index (χ1v) is 7.75.